The molecule has 1 heterocycles. The van der Waals surface area contributed by atoms with Crippen molar-refractivity contribution in [1.29, 1.82) is 0 Å². The molecule has 62 valence electrons. The van der Waals surface area contributed by atoms with Crippen molar-refractivity contribution < 1.29 is 0 Å². The lowest BCUT2D eigenvalue weighted by molar-refractivity contribution is 1.44. The first-order valence-corrected chi connectivity index (χ1v) is 6.02. The summed E-state index contributed by atoms with van der Waals surface area (Å²) >= 11 is 3.47. The smallest absolute Gasteiger partial charge is 0.0185 e. The Balaban J connectivity index is 2.34. The number of rotatable bonds is 1. The highest BCUT2D eigenvalue weighted by Gasteiger charge is 2.01. The molecule has 0 spiro atoms. The molecule has 2 heteroatoms. The lowest BCUT2D eigenvalue weighted by Gasteiger charge is -2.09. The van der Waals surface area contributed by atoms with Crippen LogP contribution in [0.15, 0.2) is 56.6 Å². The van der Waals surface area contributed by atoms with Gasteiger partial charge in [0.15, 0.2) is 0 Å². The van der Waals surface area contributed by atoms with Crippen LogP contribution in [0, 0.1) is 0 Å². The molecule has 1 aromatic carbocycles. The maximum Gasteiger partial charge on any atom is 0.0185 e. The van der Waals surface area contributed by atoms with E-state index in [9.17, 15) is 0 Å². The van der Waals surface area contributed by atoms with Gasteiger partial charge in [-0.15, -0.1) is 0 Å². The zero-order chi connectivity index (χ0) is 8.39. The van der Waals surface area contributed by atoms with Crippen molar-refractivity contribution in [2.45, 2.75) is 4.90 Å². The van der Waals surface area contributed by atoms with E-state index in [2.05, 4.69) is 63.2 Å². The number of allylic oxidation sites excluding steroid dienone is 2. The van der Waals surface area contributed by atoms with E-state index in [1.807, 2.05) is 0 Å². The SMILES string of the molecule is Brc1cccc([SH]2C=CC=C2)c1. The van der Waals surface area contributed by atoms with Crippen molar-refractivity contribution in [3.05, 3.63) is 51.7 Å². The molecule has 12 heavy (non-hydrogen) atoms. The quantitative estimate of drug-likeness (QED) is 0.709. The fourth-order valence-electron chi connectivity index (χ4n) is 1.14. The van der Waals surface area contributed by atoms with Crippen molar-refractivity contribution in [2.75, 3.05) is 0 Å². The summed E-state index contributed by atoms with van der Waals surface area (Å²) in [7, 11) is -0.148. The molecule has 0 atom stereocenters. The zero-order valence-electron chi connectivity index (χ0n) is 6.44. The van der Waals surface area contributed by atoms with Gasteiger partial charge in [-0.2, -0.15) is 10.9 Å². The van der Waals surface area contributed by atoms with Gasteiger partial charge in [0, 0.05) is 4.47 Å². The van der Waals surface area contributed by atoms with E-state index in [1.54, 1.807) is 0 Å². The fraction of sp³-hybridized carbons (Fsp3) is 0. The first kappa shape index (κ1) is 8.14. The lowest BCUT2D eigenvalue weighted by Crippen LogP contribution is -1.73. The second kappa shape index (κ2) is 3.50. The molecule has 0 bridgehead atoms. The van der Waals surface area contributed by atoms with E-state index in [0.717, 1.165) is 4.47 Å². The van der Waals surface area contributed by atoms with Crippen molar-refractivity contribution in [2.24, 2.45) is 0 Å². The van der Waals surface area contributed by atoms with Crippen molar-refractivity contribution in [3.8, 4) is 0 Å². The zero-order valence-corrected chi connectivity index (χ0v) is 8.92. The lowest BCUT2D eigenvalue weighted by atomic mass is 10.4. The van der Waals surface area contributed by atoms with E-state index in [1.165, 1.54) is 4.90 Å². The average Bonchev–Trinajstić information content (AvgIpc) is 2.56. The van der Waals surface area contributed by atoms with Gasteiger partial charge in [0.05, 0.1) is 0 Å². The molecule has 2 rings (SSSR count). The van der Waals surface area contributed by atoms with Crippen LogP contribution in [0.3, 0.4) is 0 Å². The maximum atomic E-state index is 3.47. The minimum Gasteiger partial charge on any atom is -0.186 e. The van der Waals surface area contributed by atoms with Gasteiger partial charge < -0.3 is 0 Å². The summed E-state index contributed by atoms with van der Waals surface area (Å²) in [5.74, 6) is 0. The molecule has 0 unspecified atom stereocenters. The highest BCUT2D eigenvalue weighted by Crippen LogP contribution is 2.42. The van der Waals surface area contributed by atoms with E-state index in [-0.39, 0.29) is 10.9 Å². The summed E-state index contributed by atoms with van der Waals surface area (Å²) in [4.78, 5) is 1.41. The third-order valence-corrected chi connectivity index (χ3v) is 4.07. The molecular weight excluding hydrogens is 232 g/mol. The summed E-state index contributed by atoms with van der Waals surface area (Å²) < 4.78 is 1.16. The van der Waals surface area contributed by atoms with Crippen LogP contribution in [0.2, 0.25) is 0 Å². The van der Waals surface area contributed by atoms with Crippen LogP contribution < -0.4 is 0 Å². The molecule has 0 nitrogen and oxygen atoms in total. The molecule has 0 aliphatic carbocycles. The van der Waals surface area contributed by atoms with Gasteiger partial charge >= 0.3 is 0 Å². The number of hydrogen-bond acceptors (Lipinski definition) is 0. The standard InChI is InChI=1S/C10H9BrS/c11-9-4-3-5-10(8-9)12-6-1-2-7-12/h1-8,12H. The van der Waals surface area contributed by atoms with Crippen molar-refractivity contribution in [1.82, 2.24) is 0 Å². The molecule has 0 aromatic heterocycles. The minimum absolute atomic E-state index is 0.148. The Kier molecular flexibility index (Phi) is 2.38. The summed E-state index contributed by atoms with van der Waals surface area (Å²) in [6.45, 7) is 0. The molecule has 0 radical (unpaired) electrons. The molecule has 0 saturated carbocycles. The van der Waals surface area contributed by atoms with Gasteiger partial charge in [0.2, 0.25) is 0 Å². The molecule has 1 aliphatic heterocycles. The van der Waals surface area contributed by atoms with E-state index >= 15 is 0 Å². The van der Waals surface area contributed by atoms with Gasteiger partial charge in [-0.05, 0) is 33.9 Å². The second-order valence-electron chi connectivity index (χ2n) is 2.57. The Morgan fingerprint density at radius 1 is 1.08 bits per heavy atom. The molecular formula is C10H9BrS. The monoisotopic (exact) mass is 240 g/mol. The molecule has 0 N–H and O–H groups in total. The number of halogens is 1. The van der Waals surface area contributed by atoms with Crippen LogP contribution in [0.5, 0.6) is 0 Å². The van der Waals surface area contributed by atoms with E-state index in [0.29, 0.717) is 0 Å². The Morgan fingerprint density at radius 2 is 1.83 bits per heavy atom. The molecule has 0 amide bonds. The van der Waals surface area contributed by atoms with E-state index < -0.39 is 0 Å². The highest BCUT2D eigenvalue weighted by atomic mass is 79.9. The van der Waals surface area contributed by atoms with Gasteiger partial charge in [-0.1, -0.05) is 34.1 Å². The fourth-order valence-corrected chi connectivity index (χ4v) is 3.28. The van der Waals surface area contributed by atoms with Gasteiger partial charge in [-0.3, -0.25) is 0 Å². The molecule has 1 aromatic rings. The third-order valence-electron chi connectivity index (χ3n) is 1.71. The Labute approximate surface area is 83.5 Å². The van der Waals surface area contributed by atoms with Crippen LogP contribution >= 0.6 is 26.8 Å². The van der Waals surface area contributed by atoms with Gasteiger partial charge in [-0.25, -0.2) is 0 Å². The van der Waals surface area contributed by atoms with Crippen LogP contribution in [0.4, 0.5) is 0 Å². The van der Waals surface area contributed by atoms with Crippen LogP contribution in [-0.2, 0) is 0 Å². The second-order valence-corrected chi connectivity index (χ2v) is 5.41. The van der Waals surface area contributed by atoms with Crippen LogP contribution in [0.25, 0.3) is 0 Å². The summed E-state index contributed by atoms with van der Waals surface area (Å²) in [6.07, 6.45) is 4.24. The predicted molar refractivity (Wildman–Crippen MR) is 59.7 cm³/mol. The predicted octanol–water partition coefficient (Wildman–Crippen LogP) is 3.85. The molecule has 0 saturated heterocycles. The first-order valence-electron chi connectivity index (χ1n) is 3.75. The summed E-state index contributed by atoms with van der Waals surface area (Å²) in [5.41, 5.74) is 0. The summed E-state index contributed by atoms with van der Waals surface area (Å²) in [6, 6.07) is 8.51. The van der Waals surface area contributed by atoms with Gasteiger partial charge in [0.1, 0.15) is 0 Å². The number of hydrogen-bond donors (Lipinski definition) is 1. The average molecular weight is 241 g/mol. The van der Waals surface area contributed by atoms with Crippen molar-refractivity contribution >= 4 is 26.8 Å². The normalized spacial score (nSPS) is 17.2. The largest absolute Gasteiger partial charge is 0.186 e. The Hall–Kier alpha value is -0.470. The summed E-state index contributed by atoms with van der Waals surface area (Å²) in [5, 5.41) is 4.52. The highest BCUT2D eigenvalue weighted by molar-refractivity contribution is 9.10. The maximum absolute atomic E-state index is 3.47. The molecule has 1 aliphatic rings. The topological polar surface area (TPSA) is 0 Å². The minimum atomic E-state index is -0.148. The van der Waals surface area contributed by atoms with Crippen molar-refractivity contribution in [3.63, 3.8) is 0 Å². The Morgan fingerprint density at radius 3 is 2.50 bits per heavy atom. The van der Waals surface area contributed by atoms with Crippen LogP contribution in [0.1, 0.15) is 0 Å². The Bertz CT molecular complexity index is 329. The third kappa shape index (κ3) is 1.65. The van der Waals surface area contributed by atoms with Crippen LogP contribution in [-0.4, -0.2) is 0 Å². The first-order chi connectivity index (χ1) is 5.86. The number of benzene rings is 1. The number of thiol groups is 1. The van der Waals surface area contributed by atoms with E-state index in [4.69, 9.17) is 0 Å². The molecule has 0 fully saturated rings. The van der Waals surface area contributed by atoms with Gasteiger partial charge in [0.25, 0.3) is 0 Å².